The minimum atomic E-state index is -0.567. The number of ether oxygens (including phenoxy) is 2. The van der Waals surface area contributed by atoms with Gasteiger partial charge >= 0.3 is 10.6 Å². The molecule has 2 aromatic heterocycles. The molecule has 2 heterocycles. The van der Waals surface area contributed by atoms with Gasteiger partial charge in [0.15, 0.2) is 11.5 Å². The van der Waals surface area contributed by atoms with Gasteiger partial charge in [-0.1, -0.05) is 11.3 Å². The first kappa shape index (κ1) is 16.7. The largest absolute Gasteiger partial charge is 0.493 e. The number of hydrogen-bond acceptors (Lipinski definition) is 8. The molecule has 0 atom stereocenters. The maximum Gasteiger partial charge on any atom is 0.347 e. The van der Waals surface area contributed by atoms with E-state index < -0.39 is 10.5 Å². The van der Waals surface area contributed by atoms with Gasteiger partial charge in [0.2, 0.25) is 5.89 Å². The lowest BCUT2D eigenvalue weighted by atomic mass is 10.2. The Morgan fingerprint density at radius 1 is 1.20 bits per heavy atom. The highest BCUT2D eigenvalue weighted by molar-refractivity contribution is 7.16. The van der Waals surface area contributed by atoms with Crippen molar-refractivity contribution in [1.29, 1.82) is 0 Å². The van der Waals surface area contributed by atoms with Crippen molar-refractivity contribution in [3.8, 4) is 11.5 Å². The summed E-state index contributed by atoms with van der Waals surface area (Å²) in [7, 11) is 2.95. The molecule has 0 saturated carbocycles. The van der Waals surface area contributed by atoms with Crippen LogP contribution < -0.4 is 15.1 Å². The van der Waals surface area contributed by atoms with Crippen molar-refractivity contribution in [3.63, 3.8) is 0 Å². The van der Waals surface area contributed by atoms with E-state index in [4.69, 9.17) is 13.9 Å². The molecule has 9 heteroatoms. The standard InChI is InChI=1S/C16H12N2O6S/c1-22-12-7-10-11(8-13(12)23-2)17-14(24-16(10)19)5-3-9-4-6-15(25-9)18(20)21/h3-8H,1-2H3. The van der Waals surface area contributed by atoms with E-state index in [0.717, 1.165) is 11.3 Å². The summed E-state index contributed by atoms with van der Waals surface area (Å²) >= 11 is 1.01. The third-order valence-corrected chi connectivity index (χ3v) is 4.33. The fraction of sp³-hybridized carbons (Fsp3) is 0.125. The van der Waals surface area contributed by atoms with E-state index in [1.807, 2.05) is 0 Å². The van der Waals surface area contributed by atoms with Gasteiger partial charge in [-0.25, -0.2) is 9.78 Å². The molecule has 0 N–H and O–H groups in total. The Kier molecular flexibility index (Phi) is 4.48. The van der Waals surface area contributed by atoms with Crippen LogP contribution in [-0.2, 0) is 0 Å². The second-order valence-corrected chi connectivity index (χ2v) is 5.92. The number of hydrogen-bond donors (Lipinski definition) is 0. The molecule has 3 rings (SSSR count). The van der Waals surface area contributed by atoms with Crippen LogP contribution in [0.4, 0.5) is 5.00 Å². The summed E-state index contributed by atoms with van der Waals surface area (Å²) in [4.78, 5) is 27.3. The normalized spacial score (nSPS) is 11.1. The van der Waals surface area contributed by atoms with Gasteiger partial charge in [0.25, 0.3) is 0 Å². The summed E-state index contributed by atoms with van der Waals surface area (Å²) in [6.07, 6.45) is 3.07. The number of aromatic nitrogens is 1. The van der Waals surface area contributed by atoms with E-state index in [2.05, 4.69) is 4.98 Å². The molecular weight excluding hydrogens is 348 g/mol. The van der Waals surface area contributed by atoms with Crippen molar-refractivity contribution in [2.45, 2.75) is 0 Å². The minimum Gasteiger partial charge on any atom is -0.493 e. The van der Waals surface area contributed by atoms with Crippen molar-refractivity contribution in [1.82, 2.24) is 4.98 Å². The second kappa shape index (κ2) is 6.73. The molecule has 0 spiro atoms. The maximum absolute atomic E-state index is 12.1. The molecule has 0 bridgehead atoms. The molecule has 0 aliphatic carbocycles. The van der Waals surface area contributed by atoms with Gasteiger partial charge in [-0.05, 0) is 12.1 Å². The van der Waals surface area contributed by atoms with Crippen LogP contribution in [0.25, 0.3) is 23.1 Å². The van der Waals surface area contributed by atoms with Crippen LogP contribution in [0.1, 0.15) is 10.8 Å². The topological polar surface area (TPSA) is 105 Å². The van der Waals surface area contributed by atoms with Gasteiger partial charge < -0.3 is 13.9 Å². The van der Waals surface area contributed by atoms with Crippen molar-refractivity contribution in [2.24, 2.45) is 0 Å². The molecule has 0 fully saturated rings. The molecule has 8 nitrogen and oxygen atoms in total. The summed E-state index contributed by atoms with van der Waals surface area (Å²) in [5.41, 5.74) is -0.173. The summed E-state index contributed by atoms with van der Waals surface area (Å²) < 4.78 is 15.5. The Bertz CT molecular complexity index is 1040. The number of methoxy groups -OCH3 is 2. The van der Waals surface area contributed by atoms with Crippen molar-refractivity contribution in [3.05, 3.63) is 55.6 Å². The molecule has 25 heavy (non-hydrogen) atoms. The third-order valence-electron chi connectivity index (χ3n) is 3.33. The van der Waals surface area contributed by atoms with Gasteiger partial charge in [0, 0.05) is 29.2 Å². The van der Waals surface area contributed by atoms with E-state index >= 15 is 0 Å². The average molecular weight is 360 g/mol. The monoisotopic (exact) mass is 360 g/mol. The summed E-state index contributed by atoms with van der Waals surface area (Å²) in [5, 5.41) is 11.0. The highest BCUT2D eigenvalue weighted by Gasteiger charge is 2.12. The van der Waals surface area contributed by atoms with Crippen LogP contribution in [-0.4, -0.2) is 24.1 Å². The van der Waals surface area contributed by atoms with Crippen LogP contribution in [0.2, 0.25) is 0 Å². The van der Waals surface area contributed by atoms with Gasteiger partial charge in [0.05, 0.1) is 30.0 Å². The van der Waals surface area contributed by atoms with E-state index in [9.17, 15) is 14.9 Å². The number of nitrogens with zero attached hydrogens (tertiary/aromatic N) is 2. The van der Waals surface area contributed by atoms with Crippen LogP contribution in [0.3, 0.4) is 0 Å². The zero-order valence-electron chi connectivity index (χ0n) is 13.2. The van der Waals surface area contributed by atoms with E-state index in [1.54, 1.807) is 18.2 Å². The highest BCUT2D eigenvalue weighted by Crippen LogP contribution is 2.30. The van der Waals surface area contributed by atoms with Gasteiger partial charge in [-0.2, -0.15) is 0 Å². The first-order valence-corrected chi connectivity index (χ1v) is 7.82. The molecule has 128 valence electrons. The van der Waals surface area contributed by atoms with Crippen molar-refractivity contribution >= 4 is 39.4 Å². The number of nitro groups is 1. The zero-order chi connectivity index (χ0) is 18.0. The Hall–Kier alpha value is -3.20. The van der Waals surface area contributed by atoms with Gasteiger partial charge in [-0.15, -0.1) is 0 Å². The molecule has 3 aromatic rings. The van der Waals surface area contributed by atoms with Crippen LogP contribution in [0.5, 0.6) is 11.5 Å². The fourth-order valence-electron chi connectivity index (χ4n) is 2.17. The Morgan fingerprint density at radius 2 is 1.92 bits per heavy atom. The van der Waals surface area contributed by atoms with Crippen molar-refractivity contribution < 1.29 is 18.8 Å². The predicted octanol–water partition coefficient (Wildman–Crippen LogP) is 3.35. The van der Waals surface area contributed by atoms with E-state index in [0.29, 0.717) is 21.9 Å². The van der Waals surface area contributed by atoms with Crippen LogP contribution >= 0.6 is 11.3 Å². The molecule has 0 saturated heterocycles. The molecular formula is C16H12N2O6S. The first-order chi connectivity index (χ1) is 12.0. The van der Waals surface area contributed by atoms with Gasteiger partial charge in [0.1, 0.15) is 0 Å². The third kappa shape index (κ3) is 3.36. The number of thiophene rings is 1. The molecule has 0 aliphatic rings. The smallest absolute Gasteiger partial charge is 0.347 e. The zero-order valence-corrected chi connectivity index (χ0v) is 14.0. The quantitative estimate of drug-likeness (QED) is 0.507. The predicted molar refractivity (Wildman–Crippen MR) is 93.3 cm³/mol. The Morgan fingerprint density at radius 3 is 2.56 bits per heavy atom. The maximum atomic E-state index is 12.1. The van der Waals surface area contributed by atoms with Crippen LogP contribution in [0, 0.1) is 10.1 Å². The van der Waals surface area contributed by atoms with Crippen molar-refractivity contribution in [2.75, 3.05) is 14.2 Å². The lowest BCUT2D eigenvalue weighted by molar-refractivity contribution is -0.380. The molecule has 1 aromatic carbocycles. The summed E-state index contributed by atoms with van der Waals surface area (Å²) in [6, 6.07) is 6.10. The van der Waals surface area contributed by atoms with E-state index in [-0.39, 0.29) is 16.3 Å². The Labute approximate surface area is 145 Å². The fourth-order valence-corrected chi connectivity index (χ4v) is 2.89. The molecule has 0 unspecified atom stereocenters. The first-order valence-electron chi connectivity index (χ1n) is 7.01. The summed E-state index contributed by atoms with van der Waals surface area (Å²) in [6.45, 7) is 0. The van der Waals surface area contributed by atoms with Crippen LogP contribution in [0.15, 0.2) is 33.5 Å². The second-order valence-electron chi connectivity index (χ2n) is 4.83. The van der Waals surface area contributed by atoms with E-state index in [1.165, 1.54) is 32.4 Å². The molecule has 0 amide bonds. The molecule has 0 aliphatic heterocycles. The number of benzene rings is 1. The SMILES string of the molecule is COc1cc2nc(C=Cc3ccc([N+](=O)[O-])s3)oc(=O)c2cc1OC. The highest BCUT2D eigenvalue weighted by atomic mass is 32.1. The minimum absolute atomic E-state index is 0.0319. The molecule has 0 radical (unpaired) electrons. The Balaban J connectivity index is 2.00. The number of fused-ring (bicyclic) bond motifs is 1. The average Bonchev–Trinajstić information content (AvgIpc) is 3.08. The number of rotatable bonds is 5. The van der Waals surface area contributed by atoms with Gasteiger partial charge in [-0.3, -0.25) is 10.1 Å². The summed E-state index contributed by atoms with van der Waals surface area (Å²) in [5.74, 6) is 0.927. The lowest BCUT2D eigenvalue weighted by Gasteiger charge is -2.08. The lowest BCUT2D eigenvalue weighted by Crippen LogP contribution is -2.04.